The molecule has 0 aliphatic carbocycles. The summed E-state index contributed by atoms with van der Waals surface area (Å²) in [5, 5.41) is 0. The summed E-state index contributed by atoms with van der Waals surface area (Å²) >= 11 is 0. The summed E-state index contributed by atoms with van der Waals surface area (Å²) in [6.45, 7) is 12.3. The SMILES string of the molecule is Cc1cc(CC(C)CC(=O)CC(C)Cc2cc(C)c(C)o2)oc1C. The number of hydrogen-bond donors (Lipinski definition) is 0. The minimum atomic E-state index is 0.308. The summed E-state index contributed by atoms with van der Waals surface area (Å²) < 4.78 is 11.4. The van der Waals surface area contributed by atoms with Gasteiger partial charge in [0.05, 0.1) is 0 Å². The highest BCUT2D eigenvalue weighted by Gasteiger charge is 2.17. The van der Waals surface area contributed by atoms with Crippen molar-refractivity contribution in [3.63, 3.8) is 0 Å². The summed E-state index contributed by atoms with van der Waals surface area (Å²) in [5.41, 5.74) is 2.36. The topological polar surface area (TPSA) is 43.4 Å². The van der Waals surface area contributed by atoms with Gasteiger partial charge in [-0.05, 0) is 62.8 Å². The zero-order chi connectivity index (χ0) is 17.9. The lowest BCUT2D eigenvalue weighted by molar-refractivity contribution is -0.120. The van der Waals surface area contributed by atoms with Crippen molar-refractivity contribution in [2.75, 3.05) is 0 Å². The predicted molar refractivity (Wildman–Crippen MR) is 96.3 cm³/mol. The fourth-order valence-electron chi connectivity index (χ4n) is 3.19. The fraction of sp³-hybridized carbons (Fsp3) is 0.571. The summed E-state index contributed by atoms with van der Waals surface area (Å²) in [7, 11) is 0. The van der Waals surface area contributed by atoms with E-state index in [-0.39, 0.29) is 0 Å². The van der Waals surface area contributed by atoms with Gasteiger partial charge in [0, 0.05) is 25.7 Å². The van der Waals surface area contributed by atoms with Gasteiger partial charge in [-0.25, -0.2) is 0 Å². The highest BCUT2D eigenvalue weighted by atomic mass is 16.3. The van der Waals surface area contributed by atoms with Crippen LogP contribution in [0.25, 0.3) is 0 Å². The van der Waals surface area contributed by atoms with Crippen LogP contribution in [-0.2, 0) is 17.6 Å². The Morgan fingerprint density at radius 3 is 1.50 bits per heavy atom. The minimum absolute atomic E-state index is 0.308. The molecule has 0 saturated carbocycles. The zero-order valence-corrected chi connectivity index (χ0v) is 15.9. The summed E-state index contributed by atoms with van der Waals surface area (Å²) in [4.78, 5) is 12.3. The lowest BCUT2D eigenvalue weighted by Crippen LogP contribution is -2.12. The Labute approximate surface area is 145 Å². The molecular formula is C21H30O3. The van der Waals surface area contributed by atoms with Crippen molar-refractivity contribution in [1.29, 1.82) is 0 Å². The van der Waals surface area contributed by atoms with Crippen molar-refractivity contribution < 1.29 is 13.6 Å². The lowest BCUT2D eigenvalue weighted by atomic mass is 9.93. The van der Waals surface area contributed by atoms with Crippen LogP contribution in [0.1, 0.15) is 60.9 Å². The number of hydrogen-bond acceptors (Lipinski definition) is 3. The summed E-state index contributed by atoms with van der Waals surface area (Å²) in [6, 6.07) is 4.17. The van der Waals surface area contributed by atoms with Gasteiger partial charge in [-0.1, -0.05) is 13.8 Å². The molecule has 2 aromatic rings. The minimum Gasteiger partial charge on any atom is -0.466 e. The molecule has 2 atom stereocenters. The van der Waals surface area contributed by atoms with Gasteiger partial charge in [0.15, 0.2) is 0 Å². The Bertz CT molecular complexity index is 593. The number of carbonyl (C=O) groups is 1. The van der Waals surface area contributed by atoms with Gasteiger partial charge in [-0.2, -0.15) is 0 Å². The summed E-state index contributed by atoms with van der Waals surface area (Å²) in [5.74, 6) is 4.86. The molecule has 0 aliphatic rings. The first kappa shape index (κ1) is 18.6. The number of ketones is 1. The molecule has 0 radical (unpaired) electrons. The largest absolute Gasteiger partial charge is 0.466 e. The van der Waals surface area contributed by atoms with E-state index in [9.17, 15) is 4.79 Å². The molecule has 0 saturated heterocycles. The maximum Gasteiger partial charge on any atom is 0.133 e. The molecule has 0 amide bonds. The predicted octanol–water partition coefficient (Wildman–Crippen LogP) is 5.51. The van der Waals surface area contributed by atoms with Crippen LogP contribution in [0.4, 0.5) is 0 Å². The second kappa shape index (κ2) is 7.87. The fourth-order valence-corrected chi connectivity index (χ4v) is 3.19. The van der Waals surface area contributed by atoms with Gasteiger partial charge < -0.3 is 8.83 Å². The number of carbonyl (C=O) groups excluding carboxylic acids is 1. The molecule has 3 nitrogen and oxygen atoms in total. The van der Waals surface area contributed by atoms with Gasteiger partial charge in [0.25, 0.3) is 0 Å². The molecule has 2 unspecified atom stereocenters. The van der Waals surface area contributed by atoms with Crippen molar-refractivity contribution in [2.24, 2.45) is 11.8 Å². The van der Waals surface area contributed by atoms with Gasteiger partial charge in [0.2, 0.25) is 0 Å². The van der Waals surface area contributed by atoms with Gasteiger partial charge in [-0.15, -0.1) is 0 Å². The molecule has 0 N–H and O–H groups in total. The Balaban J connectivity index is 1.79. The van der Waals surface area contributed by atoms with Gasteiger partial charge in [0.1, 0.15) is 28.8 Å². The van der Waals surface area contributed by atoms with E-state index >= 15 is 0 Å². The molecule has 132 valence electrons. The standard InChI is InChI=1S/C21H30O3/c1-13(9-20-11-15(3)17(5)23-20)7-19(22)8-14(2)10-21-12-16(4)18(6)24-21/h11-14H,7-10H2,1-6H3. The third-order valence-corrected chi connectivity index (χ3v) is 4.69. The first-order valence-electron chi connectivity index (χ1n) is 8.88. The molecule has 2 aromatic heterocycles. The van der Waals surface area contributed by atoms with Crippen molar-refractivity contribution >= 4 is 5.78 Å². The normalized spacial score (nSPS) is 13.9. The Morgan fingerprint density at radius 1 is 0.833 bits per heavy atom. The Hall–Kier alpha value is -1.77. The highest BCUT2D eigenvalue weighted by molar-refractivity contribution is 5.78. The monoisotopic (exact) mass is 330 g/mol. The van der Waals surface area contributed by atoms with Crippen LogP contribution in [0, 0.1) is 39.5 Å². The van der Waals surface area contributed by atoms with Crippen molar-refractivity contribution in [3.05, 3.63) is 46.3 Å². The van der Waals surface area contributed by atoms with Gasteiger partial charge >= 0.3 is 0 Å². The van der Waals surface area contributed by atoms with Crippen LogP contribution in [0.5, 0.6) is 0 Å². The second-order valence-electron chi connectivity index (χ2n) is 7.47. The van der Waals surface area contributed by atoms with Crippen molar-refractivity contribution in [3.8, 4) is 0 Å². The van der Waals surface area contributed by atoms with E-state index in [4.69, 9.17) is 8.83 Å². The lowest BCUT2D eigenvalue weighted by Gasteiger charge is -2.12. The molecular weight excluding hydrogens is 300 g/mol. The maximum atomic E-state index is 12.3. The van der Waals surface area contributed by atoms with E-state index in [1.54, 1.807) is 0 Å². The first-order chi connectivity index (χ1) is 11.2. The molecule has 0 aliphatic heterocycles. The summed E-state index contributed by atoms with van der Waals surface area (Å²) in [6.07, 6.45) is 2.87. The maximum absolute atomic E-state index is 12.3. The number of aryl methyl sites for hydroxylation is 4. The van der Waals surface area contributed by atoms with E-state index < -0.39 is 0 Å². The number of rotatable bonds is 8. The smallest absolute Gasteiger partial charge is 0.133 e. The van der Waals surface area contributed by atoms with E-state index in [0.29, 0.717) is 30.5 Å². The number of furan rings is 2. The molecule has 3 heteroatoms. The molecule has 24 heavy (non-hydrogen) atoms. The van der Waals surface area contributed by atoms with Crippen molar-refractivity contribution in [2.45, 2.75) is 67.2 Å². The second-order valence-corrected chi connectivity index (χ2v) is 7.47. The van der Waals surface area contributed by atoms with E-state index in [2.05, 4.69) is 39.8 Å². The molecule has 0 fully saturated rings. The van der Waals surface area contributed by atoms with Crippen LogP contribution in [-0.4, -0.2) is 5.78 Å². The molecule has 0 aromatic carbocycles. The highest BCUT2D eigenvalue weighted by Crippen LogP contribution is 2.22. The molecule has 0 bridgehead atoms. The van der Waals surface area contributed by atoms with Gasteiger partial charge in [-0.3, -0.25) is 4.79 Å². The zero-order valence-electron chi connectivity index (χ0n) is 15.9. The van der Waals surface area contributed by atoms with Crippen LogP contribution in [0.3, 0.4) is 0 Å². The molecule has 2 rings (SSSR count). The Kier molecular flexibility index (Phi) is 6.09. The van der Waals surface area contributed by atoms with E-state index in [0.717, 1.165) is 35.9 Å². The third-order valence-electron chi connectivity index (χ3n) is 4.69. The average Bonchev–Trinajstić information content (AvgIpc) is 2.91. The van der Waals surface area contributed by atoms with Crippen LogP contribution < -0.4 is 0 Å². The van der Waals surface area contributed by atoms with Crippen LogP contribution >= 0.6 is 0 Å². The van der Waals surface area contributed by atoms with Crippen LogP contribution in [0.2, 0.25) is 0 Å². The first-order valence-corrected chi connectivity index (χ1v) is 8.88. The molecule has 2 heterocycles. The van der Waals surface area contributed by atoms with E-state index in [1.165, 1.54) is 11.1 Å². The van der Waals surface area contributed by atoms with Crippen molar-refractivity contribution in [1.82, 2.24) is 0 Å². The van der Waals surface area contributed by atoms with E-state index in [1.807, 2.05) is 13.8 Å². The third kappa shape index (κ3) is 5.12. The Morgan fingerprint density at radius 2 is 1.21 bits per heavy atom. The number of Topliss-reactive ketones (excluding diaryl/α,β-unsaturated/α-hetero) is 1. The quantitative estimate of drug-likeness (QED) is 0.640. The molecule has 0 spiro atoms. The van der Waals surface area contributed by atoms with Crippen LogP contribution in [0.15, 0.2) is 21.0 Å². The average molecular weight is 330 g/mol.